The maximum absolute atomic E-state index is 14.0. The highest BCUT2D eigenvalue weighted by Crippen LogP contribution is 2.25. The van der Waals surface area contributed by atoms with Crippen LogP contribution in [-0.2, 0) is 31.9 Å². The molecule has 0 spiro atoms. The molecule has 1 heterocycles. The van der Waals surface area contributed by atoms with Gasteiger partial charge in [-0.2, -0.15) is 0 Å². The van der Waals surface area contributed by atoms with Crippen LogP contribution in [0.2, 0.25) is 0 Å². The maximum atomic E-state index is 14.0. The average Bonchev–Trinajstić information content (AvgIpc) is 3.13. The van der Waals surface area contributed by atoms with Crippen molar-refractivity contribution < 1.29 is 33.8 Å². The van der Waals surface area contributed by atoms with E-state index in [9.17, 15) is 24.3 Å². The number of nitrogens with zero attached hydrogens (tertiary/aromatic N) is 1. The maximum Gasteiger partial charge on any atom is 0.407 e. The van der Waals surface area contributed by atoms with Crippen LogP contribution in [-0.4, -0.2) is 91.7 Å². The highest BCUT2D eigenvalue weighted by atomic mass is 16.6. The Labute approximate surface area is 319 Å². The van der Waals surface area contributed by atoms with Gasteiger partial charge in [-0.3, -0.25) is 14.6 Å². The number of nitrogens with one attached hydrogen (secondary N) is 5. The normalized spacial score (nSPS) is 14.4. The summed E-state index contributed by atoms with van der Waals surface area (Å²) in [6, 6.07) is 21.0. The second kappa shape index (κ2) is 20.4. The number of aliphatic hydroxyl groups is 1. The van der Waals surface area contributed by atoms with Gasteiger partial charge in [0, 0.05) is 43.4 Å². The molecule has 0 fully saturated rings. The predicted molar refractivity (Wildman–Crippen MR) is 208 cm³/mol. The van der Waals surface area contributed by atoms with Gasteiger partial charge in [0.2, 0.25) is 5.91 Å². The summed E-state index contributed by atoms with van der Waals surface area (Å²) in [7, 11) is 2.71. The van der Waals surface area contributed by atoms with Gasteiger partial charge in [0.15, 0.2) is 6.10 Å². The van der Waals surface area contributed by atoms with Crippen LogP contribution in [0, 0.1) is 10.8 Å². The van der Waals surface area contributed by atoms with Crippen LogP contribution in [0.15, 0.2) is 79.0 Å². The quantitative estimate of drug-likeness (QED) is 0.109. The molecule has 4 amide bonds. The topological polar surface area (TPSA) is 180 Å². The van der Waals surface area contributed by atoms with E-state index >= 15 is 0 Å². The Morgan fingerprint density at radius 3 is 1.98 bits per heavy atom. The van der Waals surface area contributed by atoms with E-state index in [1.54, 1.807) is 27.0 Å². The second-order valence-electron chi connectivity index (χ2n) is 15.5. The van der Waals surface area contributed by atoms with E-state index in [-0.39, 0.29) is 18.9 Å². The molecule has 3 aromatic rings. The Morgan fingerprint density at radius 1 is 0.759 bits per heavy atom. The summed E-state index contributed by atoms with van der Waals surface area (Å²) in [6.45, 7) is 11.7. The molecular weight excluding hydrogens is 688 g/mol. The number of methoxy groups -OCH3 is 1. The molecule has 6 N–H and O–H groups in total. The van der Waals surface area contributed by atoms with Crippen LogP contribution >= 0.6 is 0 Å². The number of aliphatic hydroxyl groups excluding tert-OH is 1. The number of alkyl carbamates (subject to hydrolysis) is 2. The van der Waals surface area contributed by atoms with E-state index in [1.807, 2.05) is 93.6 Å². The lowest BCUT2D eigenvalue weighted by Gasteiger charge is -2.35. The summed E-state index contributed by atoms with van der Waals surface area (Å²) in [6.07, 6.45) is -1.09. The first-order chi connectivity index (χ1) is 25.5. The van der Waals surface area contributed by atoms with E-state index in [4.69, 9.17) is 4.74 Å². The molecule has 0 aliphatic heterocycles. The molecule has 0 radical (unpaired) electrons. The van der Waals surface area contributed by atoms with Crippen LogP contribution in [0.4, 0.5) is 9.59 Å². The third-order valence-corrected chi connectivity index (χ3v) is 8.87. The molecule has 0 saturated carbocycles. The molecule has 0 saturated heterocycles. The Bertz CT molecular complexity index is 1630. The molecule has 0 bridgehead atoms. The third-order valence-electron chi connectivity index (χ3n) is 8.87. The number of amides is 4. The molecule has 0 aliphatic rings. The summed E-state index contributed by atoms with van der Waals surface area (Å²) >= 11 is 0. The van der Waals surface area contributed by atoms with Crippen molar-refractivity contribution in [3.63, 3.8) is 0 Å². The van der Waals surface area contributed by atoms with Gasteiger partial charge in [0.25, 0.3) is 5.91 Å². The smallest absolute Gasteiger partial charge is 0.407 e. The first-order valence-electron chi connectivity index (χ1n) is 18.3. The first-order valence-corrected chi connectivity index (χ1v) is 18.3. The zero-order valence-corrected chi connectivity index (χ0v) is 32.8. The van der Waals surface area contributed by atoms with Gasteiger partial charge in [-0.05, 0) is 47.9 Å². The van der Waals surface area contributed by atoms with E-state index in [0.29, 0.717) is 19.4 Å². The van der Waals surface area contributed by atoms with Crippen molar-refractivity contribution in [3.05, 3.63) is 90.1 Å². The Hall–Kier alpha value is -5.01. The van der Waals surface area contributed by atoms with Crippen molar-refractivity contribution in [1.82, 2.24) is 31.6 Å². The van der Waals surface area contributed by atoms with Gasteiger partial charge in [-0.25, -0.2) is 9.59 Å². The zero-order chi connectivity index (χ0) is 39.9. The number of ether oxygens (including phenoxy) is 2. The van der Waals surface area contributed by atoms with E-state index < -0.39 is 59.3 Å². The Morgan fingerprint density at radius 2 is 1.41 bits per heavy atom. The molecule has 13 heteroatoms. The van der Waals surface area contributed by atoms with Crippen LogP contribution in [0.25, 0.3) is 11.3 Å². The van der Waals surface area contributed by atoms with Crippen molar-refractivity contribution in [3.8, 4) is 11.3 Å². The predicted octanol–water partition coefficient (Wildman–Crippen LogP) is 4.39. The zero-order valence-electron chi connectivity index (χ0n) is 32.8. The van der Waals surface area contributed by atoms with E-state index in [2.05, 4.69) is 36.3 Å². The molecule has 54 heavy (non-hydrogen) atoms. The van der Waals surface area contributed by atoms with E-state index in [0.717, 1.165) is 22.4 Å². The van der Waals surface area contributed by atoms with Crippen molar-refractivity contribution in [2.75, 3.05) is 27.2 Å². The van der Waals surface area contributed by atoms with Crippen LogP contribution in [0.5, 0.6) is 0 Å². The second-order valence-corrected chi connectivity index (χ2v) is 15.5. The number of carbonyl (C=O) groups is 4. The van der Waals surface area contributed by atoms with Crippen molar-refractivity contribution in [1.29, 1.82) is 0 Å². The van der Waals surface area contributed by atoms with Gasteiger partial charge in [0.1, 0.15) is 0 Å². The van der Waals surface area contributed by atoms with Crippen molar-refractivity contribution >= 4 is 24.0 Å². The fourth-order valence-corrected chi connectivity index (χ4v) is 6.01. The summed E-state index contributed by atoms with van der Waals surface area (Å²) in [4.78, 5) is 56.1. The molecule has 0 aliphatic carbocycles. The highest BCUT2D eigenvalue weighted by Gasteiger charge is 2.38. The number of benzene rings is 2. The summed E-state index contributed by atoms with van der Waals surface area (Å²) in [5.41, 5.74) is 2.29. The van der Waals surface area contributed by atoms with E-state index in [1.165, 1.54) is 14.2 Å². The fourth-order valence-electron chi connectivity index (χ4n) is 6.01. The van der Waals surface area contributed by atoms with Gasteiger partial charge in [-0.1, -0.05) is 102 Å². The minimum Gasteiger partial charge on any atom is -0.453 e. The minimum atomic E-state index is -1.13. The SMILES string of the molecule is CNC(=O)OC(C(=O)NC(Cc1ccc(-c2ccccn2)cc1)CC(O)C(Cc1ccccc1)NC(=O)C(NCCNC(=O)OC)C(C)(C)C)C(C)(C)C. The number of rotatable bonds is 17. The number of hydrogen-bond donors (Lipinski definition) is 6. The number of pyridine rings is 1. The van der Waals surface area contributed by atoms with Gasteiger partial charge in [-0.15, -0.1) is 0 Å². The Balaban J connectivity index is 1.92. The highest BCUT2D eigenvalue weighted by molar-refractivity contribution is 5.84. The molecule has 294 valence electrons. The van der Waals surface area contributed by atoms with Gasteiger partial charge < -0.3 is 41.2 Å². The number of carbonyl (C=O) groups excluding carboxylic acids is 4. The van der Waals surface area contributed by atoms with Crippen molar-refractivity contribution in [2.24, 2.45) is 10.8 Å². The monoisotopic (exact) mass is 746 g/mol. The largest absolute Gasteiger partial charge is 0.453 e. The van der Waals surface area contributed by atoms with Gasteiger partial charge >= 0.3 is 12.2 Å². The summed E-state index contributed by atoms with van der Waals surface area (Å²) in [5, 5.41) is 26.4. The average molecular weight is 747 g/mol. The number of aromatic nitrogens is 1. The first kappa shape index (κ1) is 43.4. The van der Waals surface area contributed by atoms with Crippen LogP contribution in [0.1, 0.15) is 59.1 Å². The van der Waals surface area contributed by atoms with Crippen molar-refractivity contribution in [2.45, 2.75) is 91.1 Å². The lowest BCUT2D eigenvalue weighted by atomic mass is 9.85. The molecule has 5 unspecified atom stereocenters. The molecule has 2 aromatic carbocycles. The Kier molecular flexibility index (Phi) is 16.4. The lowest BCUT2D eigenvalue weighted by Crippen LogP contribution is -2.58. The van der Waals surface area contributed by atoms with Crippen LogP contribution < -0.4 is 26.6 Å². The molecule has 3 rings (SSSR count). The standard InChI is InChI=1S/C41H58N6O7/c1-40(2,3)34(44-22-23-45-39(52)53-8)36(49)47-32(25-27-14-10-9-11-15-27)33(48)26-30(46-37(50)35(41(4,5)6)54-38(51)42-7)24-28-17-19-29(20-18-28)31-16-12-13-21-43-31/h9-21,30,32-35,44,48H,22-26H2,1-8H3,(H,42,51)(H,45,52)(H,46,50)(H,47,49). The molecule has 5 atom stereocenters. The third kappa shape index (κ3) is 14.1. The molecule has 13 nitrogen and oxygen atoms in total. The minimum absolute atomic E-state index is 0.0685. The molecular formula is C41H58N6O7. The fraction of sp³-hybridized carbons (Fsp3) is 0.488. The number of hydrogen-bond acceptors (Lipinski definition) is 9. The molecule has 1 aromatic heterocycles. The summed E-state index contributed by atoms with van der Waals surface area (Å²) < 4.78 is 10.2. The van der Waals surface area contributed by atoms with Crippen LogP contribution in [0.3, 0.4) is 0 Å². The lowest BCUT2D eigenvalue weighted by molar-refractivity contribution is -0.136. The van der Waals surface area contributed by atoms with Gasteiger partial charge in [0.05, 0.1) is 31.0 Å². The summed E-state index contributed by atoms with van der Waals surface area (Å²) in [5.74, 6) is -0.826.